The summed E-state index contributed by atoms with van der Waals surface area (Å²) in [5.74, 6) is -0.0135. The van der Waals surface area contributed by atoms with Crippen molar-refractivity contribution in [2.75, 3.05) is 26.2 Å². The van der Waals surface area contributed by atoms with Crippen LogP contribution in [0.5, 0.6) is 0 Å². The average molecular weight is 380 g/mol. The summed E-state index contributed by atoms with van der Waals surface area (Å²) in [5, 5.41) is 0. The highest BCUT2D eigenvalue weighted by Gasteiger charge is 2.31. The van der Waals surface area contributed by atoms with E-state index in [0.717, 1.165) is 24.8 Å². The Morgan fingerprint density at radius 2 is 1.71 bits per heavy atom. The molecular weight excluding hydrogens is 350 g/mol. The molecule has 5 heteroatoms. The minimum Gasteiger partial charge on any atom is -0.338 e. The number of carbonyl (C=O) groups is 2. The van der Waals surface area contributed by atoms with Crippen molar-refractivity contribution in [2.45, 2.75) is 25.8 Å². The lowest BCUT2D eigenvalue weighted by Gasteiger charge is -2.35. The molecule has 2 amide bonds. The molecule has 0 radical (unpaired) electrons. The molecule has 1 heterocycles. The zero-order valence-corrected chi connectivity index (χ0v) is 16.3. The van der Waals surface area contributed by atoms with Crippen LogP contribution in [0.15, 0.2) is 60.7 Å². The summed E-state index contributed by atoms with van der Waals surface area (Å²) >= 11 is 0. The molecule has 1 saturated heterocycles. The molecule has 0 bridgehead atoms. The van der Waals surface area contributed by atoms with Gasteiger partial charge in [-0.1, -0.05) is 48.5 Å². The Kier molecular flexibility index (Phi) is 7.20. The van der Waals surface area contributed by atoms with Gasteiger partial charge < -0.3 is 15.5 Å². The van der Waals surface area contributed by atoms with E-state index in [0.29, 0.717) is 38.3 Å². The molecule has 2 aromatic rings. The maximum atomic E-state index is 13.3. The van der Waals surface area contributed by atoms with Crippen LogP contribution in [-0.4, -0.2) is 47.8 Å². The van der Waals surface area contributed by atoms with Crippen molar-refractivity contribution in [2.24, 2.45) is 11.7 Å². The summed E-state index contributed by atoms with van der Waals surface area (Å²) in [7, 11) is 0. The summed E-state index contributed by atoms with van der Waals surface area (Å²) < 4.78 is 0. The Morgan fingerprint density at radius 3 is 2.39 bits per heavy atom. The first kappa shape index (κ1) is 20.1. The lowest BCUT2D eigenvalue weighted by atomic mass is 9.95. The van der Waals surface area contributed by atoms with Gasteiger partial charge >= 0.3 is 0 Å². The van der Waals surface area contributed by atoms with Crippen molar-refractivity contribution in [1.82, 2.24) is 9.80 Å². The van der Waals surface area contributed by atoms with E-state index in [1.807, 2.05) is 70.5 Å². The van der Waals surface area contributed by atoms with Crippen LogP contribution in [0, 0.1) is 5.92 Å². The molecule has 1 atom stereocenters. The summed E-state index contributed by atoms with van der Waals surface area (Å²) in [5.41, 5.74) is 7.48. The standard InChI is InChI=1S/C23H29N3O2/c24-14-8-16-25(17-19-9-3-1-4-10-19)23(28)21-13-7-15-26(18-21)22(27)20-11-5-2-6-12-20/h1-6,9-12,21H,7-8,13-18,24H2. The molecule has 0 saturated carbocycles. The van der Waals surface area contributed by atoms with Crippen LogP contribution < -0.4 is 5.73 Å². The normalized spacial score (nSPS) is 16.6. The fourth-order valence-corrected chi connectivity index (χ4v) is 3.74. The van der Waals surface area contributed by atoms with Gasteiger partial charge in [-0.2, -0.15) is 0 Å². The molecule has 0 aromatic heterocycles. The zero-order chi connectivity index (χ0) is 19.8. The van der Waals surface area contributed by atoms with E-state index in [4.69, 9.17) is 5.73 Å². The van der Waals surface area contributed by atoms with Gasteiger partial charge in [-0.05, 0) is 43.5 Å². The van der Waals surface area contributed by atoms with E-state index >= 15 is 0 Å². The number of hydrogen-bond acceptors (Lipinski definition) is 3. The number of benzene rings is 2. The van der Waals surface area contributed by atoms with Crippen molar-refractivity contribution < 1.29 is 9.59 Å². The van der Waals surface area contributed by atoms with Crippen molar-refractivity contribution in [3.63, 3.8) is 0 Å². The molecule has 1 unspecified atom stereocenters. The maximum Gasteiger partial charge on any atom is 0.253 e. The summed E-state index contributed by atoms with van der Waals surface area (Å²) in [4.78, 5) is 29.8. The maximum absolute atomic E-state index is 13.3. The Morgan fingerprint density at radius 1 is 1.04 bits per heavy atom. The van der Waals surface area contributed by atoms with Crippen LogP contribution in [0.2, 0.25) is 0 Å². The summed E-state index contributed by atoms with van der Waals surface area (Å²) in [6, 6.07) is 19.3. The first-order valence-electron chi connectivity index (χ1n) is 10.1. The largest absolute Gasteiger partial charge is 0.338 e. The Hall–Kier alpha value is -2.66. The van der Waals surface area contributed by atoms with E-state index in [9.17, 15) is 9.59 Å². The molecule has 0 spiro atoms. The quantitative estimate of drug-likeness (QED) is 0.804. The monoisotopic (exact) mass is 379 g/mol. The first-order chi connectivity index (χ1) is 13.7. The van der Waals surface area contributed by atoms with Gasteiger partial charge in [0.25, 0.3) is 5.91 Å². The van der Waals surface area contributed by atoms with E-state index in [1.165, 1.54) is 0 Å². The topological polar surface area (TPSA) is 66.6 Å². The molecule has 1 aliphatic rings. The van der Waals surface area contributed by atoms with Crippen molar-refractivity contribution in [3.05, 3.63) is 71.8 Å². The number of rotatable bonds is 7. The van der Waals surface area contributed by atoms with Gasteiger partial charge in [-0.15, -0.1) is 0 Å². The average Bonchev–Trinajstić information content (AvgIpc) is 2.77. The van der Waals surface area contributed by atoms with Gasteiger partial charge in [0.15, 0.2) is 0 Å². The van der Waals surface area contributed by atoms with Crippen LogP contribution in [0.4, 0.5) is 0 Å². The second kappa shape index (κ2) is 10.0. The number of likely N-dealkylation sites (tertiary alicyclic amines) is 1. The zero-order valence-electron chi connectivity index (χ0n) is 16.3. The summed E-state index contributed by atoms with van der Waals surface area (Å²) in [6.07, 6.45) is 2.45. The van der Waals surface area contributed by atoms with Crippen molar-refractivity contribution >= 4 is 11.8 Å². The molecule has 5 nitrogen and oxygen atoms in total. The third kappa shape index (κ3) is 5.20. The minimum atomic E-state index is -0.150. The van der Waals surface area contributed by atoms with E-state index in [-0.39, 0.29) is 17.7 Å². The second-order valence-electron chi connectivity index (χ2n) is 7.34. The summed E-state index contributed by atoms with van der Waals surface area (Å²) in [6.45, 7) is 2.98. The minimum absolute atomic E-state index is 0.00895. The highest BCUT2D eigenvalue weighted by atomic mass is 16.2. The fraction of sp³-hybridized carbons (Fsp3) is 0.391. The Labute approximate surface area is 167 Å². The molecule has 2 aromatic carbocycles. The van der Waals surface area contributed by atoms with Gasteiger partial charge in [-0.3, -0.25) is 9.59 Å². The van der Waals surface area contributed by atoms with Gasteiger partial charge in [-0.25, -0.2) is 0 Å². The smallest absolute Gasteiger partial charge is 0.253 e. The van der Waals surface area contributed by atoms with E-state index in [1.54, 1.807) is 0 Å². The molecule has 3 rings (SSSR count). The van der Waals surface area contributed by atoms with Gasteiger partial charge in [0.1, 0.15) is 0 Å². The van der Waals surface area contributed by atoms with Crippen LogP contribution in [0.3, 0.4) is 0 Å². The predicted octanol–water partition coefficient (Wildman–Crippen LogP) is 2.92. The molecular formula is C23H29N3O2. The number of hydrogen-bond donors (Lipinski definition) is 1. The number of nitrogens with two attached hydrogens (primary N) is 1. The van der Waals surface area contributed by atoms with Crippen LogP contribution >= 0.6 is 0 Å². The lowest BCUT2D eigenvalue weighted by Crippen LogP contribution is -2.47. The van der Waals surface area contributed by atoms with Crippen LogP contribution in [0.25, 0.3) is 0 Å². The Bertz CT molecular complexity index is 764. The van der Waals surface area contributed by atoms with Crippen LogP contribution in [-0.2, 0) is 11.3 Å². The fourth-order valence-electron chi connectivity index (χ4n) is 3.74. The van der Waals surface area contributed by atoms with Crippen molar-refractivity contribution in [1.29, 1.82) is 0 Å². The van der Waals surface area contributed by atoms with Gasteiger partial charge in [0, 0.05) is 31.7 Å². The SMILES string of the molecule is NCCCN(Cc1ccccc1)C(=O)C1CCCN(C(=O)c2ccccc2)C1. The molecule has 1 fully saturated rings. The van der Waals surface area contributed by atoms with Crippen LogP contribution in [0.1, 0.15) is 35.2 Å². The highest BCUT2D eigenvalue weighted by molar-refractivity contribution is 5.94. The Balaban J connectivity index is 1.68. The number of amides is 2. The number of piperidine rings is 1. The van der Waals surface area contributed by atoms with Gasteiger partial charge in [0.2, 0.25) is 5.91 Å². The van der Waals surface area contributed by atoms with Crippen molar-refractivity contribution in [3.8, 4) is 0 Å². The third-order valence-electron chi connectivity index (χ3n) is 5.24. The molecule has 0 aliphatic carbocycles. The third-order valence-corrected chi connectivity index (χ3v) is 5.24. The number of carbonyl (C=O) groups excluding carboxylic acids is 2. The molecule has 1 aliphatic heterocycles. The highest BCUT2D eigenvalue weighted by Crippen LogP contribution is 2.22. The first-order valence-corrected chi connectivity index (χ1v) is 10.1. The van der Waals surface area contributed by atoms with E-state index < -0.39 is 0 Å². The number of nitrogens with zero attached hydrogens (tertiary/aromatic N) is 2. The molecule has 148 valence electrons. The molecule has 28 heavy (non-hydrogen) atoms. The van der Waals surface area contributed by atoms with E-state index in [2.05, 4.69) is 0 Å². The predicted molar refractivity (Wildman–Crippen MR) is 111 cm³/mol. The van der Waals surface area contributed by atoms with Gasteiger partial charge in [0.05, 0.1) is 5.92 Å². The second-order valence-corrected chi connectivity index (χ2v) is 7.34. The molecule has 2 N–H and O–H groups in total. The lowest BCUT2D eigenvalue weighted by molar-refractivity contribution is -0.137.